The Morgan fingerprint density at radius 2 is 2.14 bits per heavy atom. The molecular formula is C16H15N3O3. The van der Waals surface area contributed by atoms with E-state index in [0.29, 0.717) is 17.1 Å². The van der Waals surface area contributed by atoms with E-state index in [9.17, 15) is 9.59 Å². The Balaban J connectivity index is 1.66. The number of benzene rings is 1. The fourth-order valence-corrected chi connectivity index (χ4v) is 2.45. The molecule has 2 amide bonds. The third-order valence-corrected chi connectivity index (χ3v) is 3.50. The van der Waals surface area contributed by atoms with E-state index in [2.05, 4.69) is 15.6 Å². The van der Waals surface area contributed by atoms with Crippen LogP contribution < -0.4 is 15.4 Å². The molecule has 1 atom stereocenters. The van der Waals surface area contributed by atoms with Gasteiger partial charge in [0.1, 0.15) is 0 Å². The number of hydrogen-bond donors (Lipinski definition) is 2. The van der Waals surface area contributed by atoms with Gasteiger partial charge in [0.15, 0.2) is 0 Å². The first-order valence-electron chi connectivity index (χ1n) is 6.87. The average molecular weight is 297 g/mol. The highest BCUT2D eigenvalue weighted by Gasteiger charge is 2.29. The summed E-state index contributed by atoms with van der Waals surface area (Å²) in [6, 6.07) is 10.4. The summed E-state index contributed by atoms with van der Waals surface area (Å²) in [6.07, 6.45) is 1.70. The molecule has 2 heterocycles. The summed E-state index contributed by atoms with van der Waals surface area (Å²) in [4.78, 5) is 28.0. The van der Waals surface area contributed by atoms with Gasteiger partial charge >= 0.3 is 0 Å². The maximum absolute atomic E-state index is 12.1. The zero-order chi connectivity index (χ0) is 15.5. The fraction of sp³-hybridized carbons (Fsp3) is 0.188. The van der Waals surface area contributed by atoms with E-state index >= 15 is 0 Å². The van der Waals surface area contributed by atoms with Crippen LogP contribution in [0.25, 0.3) is 0 Å². The molecule has 0 fully saturated rings. The highest BCUT2D eigenvalue weighted by atomic mass is 16.5. The molecule has 0 bridgehead atoms. The number of hydrogen-bond acceptors (Lipinski definition) is 4. The van der Waals surface area contributed by atoms with Crippen LogP contribution in [-0.2, 0) is 4.79 Å². The van der Waals surface area contributed by atoms with Gasteiger partial charge in [0.05, 0.1) is 31.5 Å². The number of aromatic nitrogens is 1. The van der Waals surface area contributed by atoms with Crippen molar-refractivity contribution < 1.29 is 14.3 Å². The number of rotatable bonds is 4. The van der Waals surface area contributed by atoms with Crippen LogP contribution in [0.3, 0.4) is 0 Å². The van der Waals surface area contributed by atoms with Crippen LogP contribution in [0, 0.1) is 0 Å². The van der Waals surface area contributed by atoms with Crippen molar-refractivity contribution in [3.05, 3.63) is 53.7 Å². The predicted molar refractivity (Wildman–Crippen MR) is 80.7 cm³/mol. The normalized spacial score (nSPS) is 15.9. The molecule has 0 saturated carbocycles. The standard InChI is InChI=1S/C16H15N3O3/c1-22-15-7-6-10(9-17-15)18-14(20)8-13-11-4-2-3-5-12(11)16(21)19-13/h2-7,9,13H,8H2,1H3,(H,18,20)(H,19,21). The minimum absolute atomic E-state index is 0.139. The zero-order valence-corrected chi connectivity index (χ0v) is 12.0. The average Bonchev–Trinajstić information content (AvgIpc) is 2.85. The SMILES string of the molecule is COc1ccc(NC(=O)CC2NC(=O)c3ccccc32)cn1. The molecule has 1 unspecified atom stereocenters. The van der Waals surface area contributed by atoms with Gasteiger partial charge in [-0.3, -0.25) is 9.59 Å². The number of ether oxygens (including phenoxy) is 1. The molecule has 0 spiro atoms. The molecule has 6 nitrogen and oxygen atoms in total. The van der Waals surface area contributed by atoms with Crippen LogP contribution in [0.15, 0.2) is 42.6 Å². The van der Waals surface area contributed by atoms with E-state index in [4.69, 9.17) is 4.74 Å². The maximum atomic E-state index is 12.1. The monoisotopic (exact) mass is 297 g/mol. The van der Waals surface area contributed by atoms with Gasteiger partial charge in [-0.25, -0.2) is 4.98 Å². The first kappa shape index (κ1) is 14.1. The molecule has 1 aliphatic heterocycles. The minimum atomic E-state index is -0.296. The molecule has 0 radical (unpaired) electrons. The van der Waals surface area contributed by atoms with Crippen molar-refractivity contribution in [2.24, 2.45) is 0 Å². The highest BCUT2D eigenvalue weighted by molar-refractivity contribution is 6.00. The number of amides is 2. The lowest BCUT2D eigenvalue weighted by Gasteiger charge is -2.12. The summed E-state index contributed by atoms with van der Waals surface area (Å²) in [7, 11) is 1.53. The van der Waals surface area contributed by atoms with Crippen LogP contribution in [0.2, 0.25) is 0 Å². The summed E-state index contributed by atoms with van der Waals surface area (Å²) in [5.41, 5.74) is 2.07. The topological polar surface area (TPSA) is 80.3 Å². The van der Waals surface area contributed by atoms with Crippen molar-refractivity contribution in [2.45, 2.75) is 12.5 Å². The number of fused-ring (bicyclic) bond motifs is 1. The van der Waals surface area contributed by atoms with Gasteiger partial charge in [-0.05, 0) is 17.7 Å². The number of carbonyl (C=O) groups is 2. The molecule has 0 saturated heterocycles. The van der Waals surface area contributed by atoms with Gasteiger partial charge < -0.3 is 15.4 Å². The minimum Gasteiger partial charge on any atom is -0.481 e. The second-order valence-electron chi connectivity index (χ2n) is 4.95. The van der Waals surface area contributed by atoms with Gasteiger partial charge in [-0.15, -0.1) is 0 Å². The summed E-state index contributed by atoms with van der Waals surface area (Å²) in [5.74, 6) is 0.156. The Bertz CT molecular complexity index is 713. The Morgan fingerprint density at radius 3 is 2.86 bits per heavy atom. The van der Waals surface area contributed by atoms with Crippen molar-refractivity contribution in [1.29, 1.82) is 0 Å². The molecule has 2 aromatic rings. The lowest BCUT2D eigenvalue weighted by molar-refractivity contribution is -0.116. The third kappa shape index (κ3) is 2.76. The molecule has 2 N–H and O–H groups in total. The van der Waals surface area contributed by atoms with Gasteiger partial charge in [0.25, 0.3) is 5.91 Å². The second-order valence-corrected chi connectivity index (χ2v) is 4.95. The molecule has 3 rings (SSSR count). The van der Waals surface area contributed by atoms with Crippen molar-refractivity contribution >= 4 is 17.5 Å². The number of methoxy groups -OCH3 is 1. The second kappa shape index (κ2) is 5.85. The van der Waals surface area contributed by atoms with Crippen molar-refractivity contribution in [3.63, 3.8) is 0 Å². The summed E-state index contributed by atoms with van der Waals surface area (Å²) < 4.78 is 4.96. The Morgan fingerprint density at radius 1 is 1.32 bits per heavy atom. The summed E-state index contributed by atoms with van der Waals surface area (Å²) in [5, 5.41) is 5.58. The predicted octanol–water partition coefficient (Wildman–Crippen LogP) is 1.90. The highest BCUT2D eigenvalue weighted by Crippen LogP contribution is 2.27. The Kier molecular flexibility index (Phi) is 3.74. The Hall–Kier alpha value is -2.89. The van der Waals surface area contributed by atoms with Crippen molar-refractivity contribution in [1.82, 2.24) is 10.3 Å². The first-order valence-corrected chi connectivity index (χ1v) is 6.87. The van der Waals surface area contributed by atoms with Gasteiger partial charge in [0.2, 0.25) is 11.8 Å². The summed E-state index contributed by atoms with van der Waals surface area (Å²) >= 11 is 0. The zero-order valence-electron chi connectivity index (χ0n) is 12.0. The van der Waals surface area contributed by atoms with Crippen molar-refractivity contribution in [2.75, 3.05) is 12.4 Å². The smallest absolute Gasteiger partial charge is 0.252 e. The number of nitrogens with one attached hydrogen (secondary N) is 2. The fourth-order valence-electron chi connectivity index (χ4n) is 2.45. The van der Waals surface area contributed by atoms with Gasteiger partial charge in [-0.2, -0.15) is 0 Å². The van der Waals surface area contributed by atoms with E-state index in [1.807, 2.05) is 18.2 Å². The van der Waals surface area contributed by atoms with E-state index < -0.39 is 0 Å². The quantitative estimate of drug-likeness (QED) is 0.903. The molecule has 1 aliphatic rings. The van der Waals surface area contributed by atoms with Crippen LogP contribution in [-0.4, -0.2) is 23.9 Å². The van der Waals surface area contributed by atoms with Gasteiger partial charge in [-0.1, -0.05) is 18.2 Å². The lowest BCUT2D eigenvalue weighted by Crippen LogP contribution is -2.24. The molecule has 112 valence electrons. The van der Waals surface area contributed by atoms with E-state index in [1.54, 1.807) is 18.2 Å². The molecule has 6 heteroatoms. The summed E-state index contributed by atoms with van der Waals surface area (Å²) in [6.45, 7) is 0. The number of carbonyl (C=O) groups excluding carboxylic acids is 2. The van der Waals surface area contributed by atoms with Crippen LogP contribution in [0.5, 0.6) is 5.88 Å². The maximum Gasteiger partial charge on any atom is 0.252 e. The lowest BCUT2D eigenvalue weighted by atomic mass is 10.0. The largest absolute Gasteiger partial charge is 0.481 e. The van der Waals surface area contributed by atoms with Crippen LogP contribution >= 0.6 is 0 Å². The third-order valence-electron chi connectivity index (χ3n) is 3.50. The number of nitrogens with zero attached hydrogens (tertiary/aromatic N) is 1. The van der Waals surface area contributed by atoms with Gasteiger partial charge in [0, 0.05) is 11.6 Å². The first-order chi connectivity index (χ1) is 10.7. The van der Waals surface area contributed by atoms with Crippen LogP contribution in [0.1, 0.15) is 28.4 Å². The van der Waals surface area contributed by atoms with E-state index in [1.165, 1.54) is 13.3 Å². The Labute approximate surface area is 127 Å². The van der Waals surface area contributed by atoms with Crippen molar-refractivity contribution in [3.8, 4) is 5.88 Å². The van der Waals surface area contributed by atoms with E-state index in [0.717, 1.165) is 5.56 Å². The molecule has 0 aliphatic carbocycles. The number of anilines is 1. The molecular weight excluding hydrogens is 282 g/mol. The molecule has 1 aromatic heterocycles. The molecule has 22 heavy (non-hydrogen) atoms. The number of pyridine rings is 1. The van der Waals surface area contributed by atoms with Crippen LogP contribution in [0.4, 0.5) is 5.69 Å². The molecule has 1 aromatic carbocycles. The van der Waals surface area contributed by atoms with E-state index in [-0.39, 0.29) is 24.3 Å².